The van der Waals surface area contributed by atoms with Gasteiger partial charge in [0.25, 0.3) is 5.91 Å². The van der Waals surface area contributed by atoms with Gasteiger partial charge in [-0.3, -0.25) is 9.59 Å². The van der Waals surface area contributed by atoms with E-state index in [9.17, 15) is 9.59 Å². The molecule has 1 heterocycles. The monoisotopic (exact) mass is 425 g/mol. The molecule has 0 radical (unpaired) electrons. The van der Waals surface area contributed by atoms with Gasteiger partial charge in [0.1, 0.15) is 5.82 Å². The summed E-state index contributed by atoms with van der Waals surface area (Å²) in [5.74, 6) is 1.46. The first-order chi connectivity index (χ1) is 14.8. The van der Waals surface area contributed by atoms with Gasteiger partial charge in [-0.25, -0.2) is 4.98 Å². The van der Waals surface area contributed by atoms with Crippen LogP contribution in [0.15, 0.2) is 36.4 Å². The van der Waals surface area contributed by atoms with Crippen molar-refractivity contribution < 1.29 is 23.8 Å². The number of nitrogens with one attached hydrogen (secondary N) is 1. The predicted molar refractivity (Wildman–Crippen MR) is 117 cm³/mol. The number of Topliss-reactive ketones (excluding diaryl/α,β-unsaturated/α-hetero) is 1. The fourth-order valence-electron chi connectivity index (χ4n) is 3.51. The number of hydrogen-bond acceptors (Lipinski definition) is 6. The fourth-order valence-corrected chi connectivity index (χ4v) is 3.51. The highest BCUT2D eigenvalue weighted by molar-refractivity contribution is 5.96. The molecule has 2 atom stereocenters. The molecule has 1 aromatic heterocycles. The average Bonchev–Trinajstić information content (AvgIpc) is 3.16. The van der Waals surface area contributed by atoms with Crippen LogP contribution in [0.25, 0.3) is 11.0 Å². The molecule has 2 unspecified atom stereocenters. The van der Waals surface area contributed by atoms with Crippen molar-refractivity contribution in [3.8, 4) is 17.2 Å². The zero-order chi connectivity index (χ0) is 22.7. The maximum absolute atomic E-state index is 13.0. The number of fused-ring (bicyclic) bond motifs is 1. The number of hydrogen-bond donors (Lipinski definition) is 1. The highest BCUT2D eigenvalue weighted by Crippen LogP contribution is 2.38. The Morgan fingerprint density at radius 3 is 2.16 bits per heavy atom. The van der Waals surface area contributed by atoms with Gasteiger partial charge in [0.05, 0.1) is 44.4 Å². The Balaban J connectivity index is 1.98. The van der Waals surface area contributed by atoms with Gasteiger partial charge in [0.2, 0.25) is 5.75 Å². The van der Waals surface area contributed by atoms with Crippen molar-refractivity contribution in [1.82, 2.24) is 14.9 Å². The minimum atomic E-state index is -0.458. The Morgan fingerprint density at radius 2 is 1.61 bits per heavy atom. The number of nitrogens with zero attached hydrogens (tertiary/aromatic N) is 2. The molecule has 0 aliphatic carbocycles. The summed E-state index contributed by atoms with van der Waals surface area (Å²) >= 11 is 0. The van der Waals surface area contributed by atoms with Crippen molar-refractivity contribution in [2.75, 3.05) is 21.3 Å². The molecular weight excluding hydrogens is 398 g/mol. The Morgan fingerprint density at radius 1 is 1.00 bits per heavy atom. The van der Waals surface area contributed by atoms with Crippen molar-refractivity contribution >= 4 is 22.7 Å². The number of amides is 1. The number of imidazole rings is 1. The lowest BCUT2D eigenvalue weighted by atomic mass is 10.1. The second-order valence-corrected chi connectivity index (χ2v) is 7.22. The summed E-state index contributed by atoms with van der Waals surface area (Å²) < 4.78 is 17.9. The molecule has 0 bridgehead atoms. The fraction of sp³-hybridized carbons (Fsp3) is 0.348. The SMILES string of the molecule is COc1cc(C(=O)NC(C)c2nc3ccccc3n2C(C)C(C)=O)cc(OC)c1OC. The molecular formula is C23H27N3O5. The molecule has 3 rings (SSSR count). The maximum atomic E-state index is 13.0. The molecule has 8 heteroatoms. The first kappa shape index (κ1) is 22.1. The van der Waals surface area contributed by atoms with Crippen molar-refractivity contribution in [2.45, 2.75) is 32.9 Å². The summed E-state index contributed by atoms with van der Waals surface area (Å²) in [7, 11) is 4.49. The number of ketones is 1. The first-order valence-electron chi connectivity index (χ1n) is 9.90. The number of aromatic nitrogens is 2. The Labute approximate surface area is 181 Å². The van der Waals surface area contributed by atoms with Crippen molar-refractivity contribution in [3.63, 3.8) is 0 Å². The molecule has 2 aromatic carbocycles. The van der Waals surface area contributed by atoms with Gasteiger partial charge in [-0.05, 0) is 45.0 Å². The first-order valence-corrected chi connectivity index (χ1v) is 9.90. The van der Waals surface area contributed by atoms with E-state index in [1.165, 1.54) is 21.3 Å². The van der Waals surface area contributed by atoms with Crippen molar-refractivity contribution in [2.24, 2.45) is 0 Å². The van der Waals surface area contributed by atoms with E-state index >= 15 is 0 Å². The molecule has 3 aromatic rings. The van der Waals surface area contributed by atoms with Crippen LogP contribution in [0.5, 0.6) is 17.2 Å². The topological polar surface area (TPSA) is 91.7 Å². The summed E-state index contributed by atoms with van der Waals surface area (Å²) in [6, 6.07) is 9.89. The molecule has 0 saturated heterocycles. The maximum Gasteiger partial charge on any atom is 0.252 e. The van der Waals surface area contributed by atoms with E-state index in [1.54, 1.807) is 19.1 Å². The number of ether oxygens (including phenoxy) is 3. The van der Waals surface area contributed by atoms with Crippen LogP contribution in [-0.4, -0.2) is 42.6 Å². The molecule has 8 nitrogen and oxygen atoms in total. The molecule has 0 spiro atoms. The largest absolute Gasteiger partial charge is 0.493 e. The molecule has 0 aliphatic heterocycles. The van der Waals surface area contributed by atoms with E-state index in [1.807, 2.05) is 42.7 Å². The summed E-state index contributed by atoms with van der Waals surface area (Å²) in [6.07, 6.45) is 0. The lowest BCUT2D eigenvalue weighted by Gasteiger charge is -2.20. The molecule has 0 fully saturated rings. The van der Waals surface area contributed by atoms with E-state index in [2.05, 4.69) is 10.3 Å². The lowest BCUT2D eigenvalue weighted by molar-refractivity contribution is -0.119. The Kier molecular flexibility index (Phi) is 6.48. The van der Waals surface area contributed by atoms with E-state index in [0.29, 0.717) is 28.6 Å². The van der Waals surface area contributed by atoms with Gasteiger partial charge in [-0.2, -0.15) is 0 Å². The van der Waals surface area contributed by atoms with Crippen LogP contribution >= 0.6 is 0 Å². The predicted octanol–water partition coefficient (Wildman–Crippen LogP) is 3.70. The summed E-state index contributed by atoms with van der Waals surface area (Å²) in [5, 5.41) is 2.96. The number of para-hydroxylation sites is 2. The van der Waals surface area contributed by atoms with Crippen LogP contribution in [-0.2, 0) is 4.79 Å². The second-order valence-electron chi connectivity index (χ2n) is 7.22. The molecule has 1 amide bonds. The third-order valence-electron chi connectivity index (χ3n) is 5.26. The lowest BCUT2D eigenvalue weighted by Crippen LogP contribution is -2.30. The van der Waals surface area contributed by atoms with Gasteiger partial charge in [-0.15, -0.1) is 0 Å². The van der Waals surface area contributed by atoms with Crippen molar-refractivity contribution in [1.29, 1.82) is 0 Å². The van der Waals surface area contributed by atoms with Gasteiger partial charge in [-0.1, -0.05) is 12.1 Å². The average molecular weight is 425 g/mol. The van der Waals surface area contributed by atoms with Crippen LogP contribution in [0.1, 0.15) is 49.0 Å². The van der Waals surface area contributed by atoms with Gasteiger partial charge >= 0.3 is 0 Å². The quantitative estimate of drug-likeness (QED) is 0.592. The molecule has 31 heavy (non-hydrogen) atoms. The van der Waals surface area contributed by atoms with E-state index < -0.39 is 12.1 Å². The smallest absolute Gasteiger partial charge is 0.252 e. The minimum Gasteiger partial charge on any atom is -0.493 e. The zero-order valence-corrected chi connectivity index (χ0v) is 18.6. The van der Waals surface area contributed by atoms with Crippen LogP contribution in [0.4, 0.5) is 0 Å². The highest BCUT2D eigenvalue weighted by Gasteiger charge is 2.24. The normalized spacial score (nSPS) is 12.8. The molecule has 1 N–H and O–H groups in total. The third-order valence-corrected chi connectivity index (χ3v) is 5.26. The van der Waals surface area contributed by atoms with E-state index in [4.69, 9.17) is 14.2 Å². The number of benzene rings is 2. The molecule has 164 valence electrons. The van der Waals surface area contributed by atoms with Gasteiger partial charge in [0, 0.05) is 5.56 Å². The Bertz CT molecular complexity index is 1100. The highest BCUT2D eigenvalue weighted by atomic mass is 16.5. The van der Waals surface area contributed by atoms with Crippen LogP contribution in [0.2, 0.25) is 0 Å². The summed E-state index contributed by atoms with van der Waals surface area (Å²) in [4.78, 5) is 29.8. The summed E-state index contributed by atoms with van der Waals surface area (Å²) in [6.45, 7) is 5.20. The van der Waals surface area contributed by atoms with Gasteiger partial charge < -0.3 is 24.1 Å². The van der Waals surface area contributed by atoms with Crippen molar-refractivity contribution in [3.05, 3.63) is 47.8 Å². The third kappa shape index (κ3) is 4.19. The zero-order valence-electron chi connectivity index (χ0n) is 18.6. The number of rotatable bonds is 8. The van der Waals surface area contributed by atoms with E-state index in [-0.39, 0.29) is 11.7 Å². The molecule has 0 saturated carbocycles. The van der Waals surface area contributed by atoms with Crippen LogP contribution in [0.3, 0.4) is 0 Å². The minimum absolute atomic E-state index is 0.00700. The molecule has 0 aliphatic rings. The number of methoxy groups -OCH3 is 3. The van der Waals surface area contributed by atoms with Gasteiger partial charge in [0.15, 0.2) is 17.3 Å². The van der Waals surface area contributed by atoms with Crippen LogP contribution in [0, 0.1) is 0 Å². The standard InChI is InChI=1S/C23H27N3O5/c1-13(22-25-17-9-7-8-10-18(17)26(22)14(2)15(3)27)24-23(28)16-11-19(29-4)21(31-6)20(12-16)30-5/h7-14H,1-6H3,(H,24,28). The second kappa shape index (κ2) is 9.07. The summed E-state index contributed by atoms with van der Waals surface area (Å²) in [5.41, 5.74) is 1.96. The number of carbonyl (C=O) groups excluding carboxylic acids is 2. The van der Waals surface area contributed by atoms with Crippen LogP contribution < -0.4 is 19.5 Å². The Hall–Kier alpha value is -3.55. The number of carbonyl (C=O) groups is 2. The van der Waals surface area contributed by atoms with E-state index in [0.717, 1.165) is 11.0 Å².